The SMILES string of the molecule is COc1ccc(Sc2ccc(F)cc2)nn1. The van der Waals surface area contributed by atoms with Gasteiger partial charge in [0.15, 0.2) is 0 Å². The Kier molecular flexibility index (Phi) is 3.36. The first-order valence-electron chi connectivity index (χ1n) is 4.59. The fourth-order valence-electron chi connectivity index (χ4n) is 1.09. The van der Waals surface area contributed by atoms with Crippen molar-refractivity contribution in [1.82, 2.24) is 10.2 Å². The first kappa shape index (κ1) is 10.9. The van der Waals surface area contributed by atoms with Crippen molar-refractivity contribution in [1.29, 1.82) is 0 Å². The Morgan fingerprint density at radius 3 is 2.38 bits per heavy atom. The fourth-order valence-corrected chi connectivity index (χ4v) is 1.83. The van der Waals surface area contributed by atoms with Crippen LogP contribution in [-0.4, -0.2) is 17.3 Å². The average Bonchev–Trinajstić information content (AvgIpc) is 2.33. The van der Waals surface area contributed by atoms with Crippen molar-refractivity contribution in [2.45, 2.75) is 9.92 Å². The molecule has 0 aliphatic carbocycles. The number of hydrogen-bond donors (Lipinski definition) is 0. The van der Waals surface area contributed by atoms with Crippen molar-refractivity contribution in [3.05, 3.63) is 42.2 Å². The molecule has 0 unspecified atom stereocenters. The van der Waals surface area contributed by atoms with Crippen LogP contribution in [0.15, 0.2) is 46.3 Å². The Morgan fingerprint density at radius 2 is 1.81 bits per heavy atom. The van der Waals surface area contributed by atoms with E-state index in [4.69, 9.17) is 4.74 Å². The lowest BCUT2D eigenvalue weighted by molar-refractivity contribution is 0.390. The van der Waals surface area contributed by atoms with Gasteiger partial charge in [-0.1, -0.05) is 11.8 Å². The van der Waals surface area contributed by atoms with Crippen LogP contribution in [0, 0.1) is 5.82 Å². The Bertz CT molecular complexity index is 458. The lowest BCUT2D eigenvalue weighted by Gasteiger charge is -2.01. The molecule has 0 aliphatic heterocycles. The van der Waals surface area contributed by atoms with Gasteiger partial charge in [0.1, 0.15) is 10.8 Å². The molecule has 0 N–H and O–H groups in total. The van der Waals surface area contributed by atoms with Crippen molar-refractivity contribution in [3.8, 4) is 5.88 Å². The van der Waals surface area contributed by atoms with Crippen LogP contribution >= 0.6 is 11.8 Å². The quantitative estimate of drug-likeness (QED) is 0.820. The van der Waals surface area contributed by atoms with E-state index in [1.54, 1.807) is 24.3 Å². The summed E-state index contributed by atoms with van der Waals surface area (Å²) in [4.78, 5) is 0.917. The normalized spacial score (nSPS) is 10.1. The number of hydrogen-bond acceptors (Lipinski definition) is 4. The number of rotatable bonds is 3. The standard InChI is InChI=1S/C11H9FN2OS/c1-15-10-6-7-11(14-13-10)16-9-4-2-8(12)3-5-9/h2-7H,1H3. The van der Waals surface area contributed by atoms with Crippen LogP contribution in [0.4, 0.5) is 4.39 Å². The van der Waals surface area contributed by atoms with E-state index >= 15 is 0 Å². The molecule has 0 bridgehead atoms. The Morgan fingerprint density at radius 1 is 1.06 bits per heavy atom. The lowest BCUT2D eigenvalue weighted by atomic mass is 10.4. The van der Waals surface area contributed by atoms with Gasteiger partial charge in [0, 0.05) is 11.0 Å². The first-order valence-corrected chi connectivity index (χ1v) is 5.41. The molecule has 1 heterocycles. The Balaban J connectivity index is 2.11. The lowest BCUT2D eigenvalue weighted by Crippen LogP contribution is -1.90. The molecule has 16 heavy (non-hydrogen) atoms. The second-order valence-corrected chi connectivity index (χ2v) is 4.06. The topological polar surface area (TPSA) is 35.0 Å². The van der Waals surface area contributed by atoms with Crippen LogP contribution in [-0.2, 0) is 0 Å². The Hall–Kier alpha value is -1.62. The van der Waals surface area contributed by atoms with Crippen molar-refractivity contribution in [3.63, 3.8) is 0 Å². The third kappa shape index (κ3) is 2.70. The third-order valence-electron chi connectivity index (χ3n) is 1.86. The van der Waals surface area contributed by atoms with Crippen molar-refractivity contribution >= 4 is 11.8 Å². The van der Waals surface area contributed by atoms with E-state index in [0.717, 1.165) is 9.92 Å². The summed E-state index contributed by atoms with van der Waals surface area (Å²) in [5, 5.41) is 8.55. The van der Waals surface area contributed by atoms with E-state index in [2.05, 4.69) is 10.2 Å². The fraction of sp³-hybridized carbons (Fsp3) is 0.0909. The van der Waals surface area contributed by atoms with Gasteiger partial charge >= 0.3 is 0 Å². The molecule has 0 atom stereocenters. The zero-order chi connectivity index (χ0) is 11.4. The largest absolute Gasteiger partial charge is 0.480 e. The maximum Gasteiger partial charge on any atom is 0.233 e. The first-order chi connectivity index (χ1) is 7.78. The Labute approximate surface area is 96.7 Å². The van der Waals surface area contributed by atoms with Gasteiger partial charge in [-0.2, -0.15) is 0 Å². The molecular formula is C11H9FN2OS. The predicted molar refractivity (Wildman–Crippen MR) is 59.1 cm³/mol. The number of halogens is 1. The molecule has 0 saturated heterocycles. The van der Waals surface area contributed by atoms with Gasteiger partial charge in [0.2, 0.25) is 5.88 Å². The van der Waals surface area contributed by atoms with Crippen LogP contribution in [0.25, 0.3) is 0 Å². The van der Waals surface area contributed by atoms with Crippen LogP contribution in [0.1, 0.15) is 0 Å². The molecule has 1 aromatic carbocycles. The van der Waals surface area contributed by atoms with Gasteiger partial charge in [0.05, 0.1) is 7.11 Å². The van der Waals surface area contributed by atoms with E-state index < -0.39 is 0 Å². The summed E-state index contributed by atoms with van der Waals surface area (Å²) in [5.74, 6) is 0.230. The van der Waals surface area contributed by atoms with Gasteiger partial charge < -0.3 is 4.74 Å². The van der Waals surface area contributed by atoms with E-state index in [1.807, 2.05) is 0 Å². The van der Waals surface area contributed by atoms with Crippen molar-refractivity contribution in [2.24, 2.45) is 0 Å². The van der Waals surface area contributed by atoms with Crippen molar-refractivity contribution in [2.75, 3.05) is 7.11 Å². The molecule has 2 rings (SSSR count). The van der Waals surface area contributed by atoms with Crippen LogP contribution in [0.3, 0.4) is 0 Å². The summed E-state index contributed by atoms with van der Waals surface area (Å²) in [6, 6.07) is 9.77. The van der Waals surface area contributed by atoms with E-state index in [1.165, 1.54) is 31.0 Å². The summed E-state index contributed by atoms with van der Waals surface area (Å²) in [7, 11) is 1.54. The smallest absolute Gasteiger partial charge is 0.233 e. The molecule has 0 spiro atoms. The molecule has 0 fully saturated rings. The number of aromatic nitrogens is 2. The zero-order valence-corrected chi connectivity index (χ0v) is 9.37. The molecule has 0 aliphatic rings. The molecular weight excluding hydrogens is 227 g/mol. The van der Waals surface area contributed by atoms with Gasteiger partial charge in [-0.25, -0.2) is 4.39 Å². The average molecular weight is 236 g/mol. The summed E-state index contributed by atoms with van der Waals surface area (Å²) < 4.78 is 17.6. The van der Waals surface area contributed by atoms with E-state index in [-0.39, 0.29) is 5.82 Å². The summed E-state index contributed by atoms with van der Waals surface area (Å²) in [6.45, 7) is 0. The van der Waals surface area contributed by atoms with Gasteiger partial charge in [-0.3, -0.25) is 0 Å². The molecule has 5 heteroatoms. The van der Waals surface area contributed by atoms with Crippen molar-refractivity contribution < 1.29 is 9.13 Å². The number of ether oxygens (including phenoxy) is 1. The molecule has 0 radical (unpaired) electrons. The molecule has 82 valence electrons. The highest BCUT2D eigenvalue weighted by Gasteiger charge is 2.00. The minimum atomic E-state index is -0.245. The second-order valence-electron chi connectivity index (χ2n) is 2.97. The molecule has 0 amide bonds. The van der Waals surface area contributed by atoms with Gasteiger partial charge in [0.25, 0.3) is 0 Å². The van der Waals surface area contributed by atoms with Gasteiger partial charge in [-0.05, 0) is 30.3 Å². The molecule has 3 nitrogen and oxygen atoms in total. The molecule has 1 aromatic heterocycles. The minimum Gasteiger partial charge on any atom is -0.480 e. The highest BCUT2D eigenvalue weighted by Crippen LogP contribution is 2.25. The summed E-state index contributed by atoms with van der Waals surface area (Å²) in [5.41, 5.74) is 0. The van der Waals surface area contributed by atoms with Crippen LogP contribution in [0.2, 0.25) is 0 Å². The van der Waals surface area contributed by atoms with E-state index in [0.29, 0.717) is 5.88 Å². The molecule has 2 aromatic rings. The summed E-state index contributed by atoms with van der Waals surface area (Å²) in [6.07, 6.45) is 0. The number of nitrogens with zero attached hydrogens (tertiary/aromatic N) is 2. The summed E-state index contributed by atoms with van der Waals surface area (Å²) >= 11 is 1.42. The molecule has 0 saturated carbocycles. The zero-order valence-electron chi connectivity index (χ0n) is 8.55. The minimum absolute atomic E-state index is 0.245. The maximum atomic E-state index is 12.7. The maximum absolute atomic E-state index is 12.7. The monoisotopic (exact) mass is 236 g/mol. The number of methoxy groups -OCH3 is 1. The van der Waals surface area contributed by atoms with Crippen LogP contribution in [0.5, 0.6) is 5.88 Å². The number of benzene rings is 1. The van der Waals surface area contributed by atoms with E-state index in [9.17, 15) is 4.39 Å². The highest BCUT2D eigenvalue weighted by atomic mass is 32.2. The van der Waals surface area contributed by atoms with Crippen LogP contribution < -0.4 is 4.74 Å². The predicted octanol–water partition coefficient (Wildman–Crippen LogP) is 2.78. The third-order valence-corrected chi connectivity index (χ3v) is 2.80. The highest BCUT2D eigenvalue weighted by molar-refractivity contribution is 7.99. The second kappa shape index (κ2) is 4.94. The van der Waals surface area contributed by atoms with Gasteiger partial charge in [-0.15, -0.1) is 10.2 Å².